The summed E-state index contributed by atoms with van der Waals surface area (Å²) in [5.74, 6) is -0.788. The Morgan fingerprint density at radius 3 is 2.90 bits per heavy atom. The van der Waals surface area contributed by atoms with E-state index in [1.165, 1.54) is 0 Å². The van der Waals surface area contributed by atoms with Crippen LogP contribution in [0.4, 0.5) is 0 Å². The molecule has 20 heavy (non-hydrogen) atoms. The molecule has 0 radical (unpaired) electrons. The molecule has 2 N–H and O–H groups in total. The molecule has 0 saturated carbocycles. The number of nitrogens with one attached hydrogen (secondary N) is 1. The lowest BCUT2D eigenvalue weighted by Gasteiger charge is -2.13. The van der Waals surface area contributed by atoms with Crippen LogP contribution >= 0.6 is 0 Å². The van der Waals surface area contributed by atoms with Crippen molar-refractivity contribution in [3.63, 3.8) is 0 Å². The van der Waals surface area contributed by atoms with Crippen molar-refractivity contribution in [2.75, 3.05) is 0 Å². The minimum atomic E-state index is -1.06. The molecule has 1 aromatic heterocycles. The number of aliphatic carboxylic acids is 1. The number of aryl methyl sites for hydroxylation is 1. The number of carbonyl (C=O) groups excluding carboxylic acids is 1. The summed E-state index contributed by atoms with van der Waals surface area (Å²) in [6.45, 7) is 1.80. The summed E-state index contributed by atoms with van der Waals surface area (Å²) in [5, 5.41) is 15.4. The molecular weight excluding hydrogens is 260 g/mol. The lowest BCUT2D eigenvalue weighted by molar-refractivity contribution is -0.139. The largest absolute Gasteiger partial charge is 0.480 e. The van der Waals surface area contributed by atoms with Crippen molar-refractivity contribution in [2.45, 2.75) is 45.1 Å². The van der Waals surface area contributed by atoms with E-state index < -0.39 is 17.9 Å². The van der Waals surface area contributed by atoms with Crippen LogP contribution in [0.2, 0.25) is 0 Å². The Bertz CT molecular complexity index is 533. The predicted octanol–water partition coefficient (Wildman–Crippen LogP) is 1.70. The highest BCUT2D eigenvalue weighted by molar-refractivity contribution is 5.96. The summed E-state index contributed by atoms with van der Waals surface area (Å²) in [7, 11) is 0. The maximum Gasteiger partial charge on any atom is 0.326 e. The molecule has 1 atom stereocenters. The van der Waals surface area contributed by atoms with Gasteiger partial charge in [0.05, 0.1) is 0 Å². The van der Waals surface area contributed by atoms with Crippen molar-refractivity contribution in [2.24, 2.45) is 0 Å². The van der Waals surface area contributed by atoms with Crippen LogP contribution in [-0.4, -0.2) is 28.2 Å². The average Bonchev–Trinajstić information content (AvgIpc) is 2.87. The lowest BCUT2D eigenvalue weighted by Crippen LogP contribution is -2.40. The number of hydrogen-bond acceptors (Lipinski definition) is 4. The maximum atomic E-state index is 12.1. The fourth-order valence-electron chi connectivity index (χ4n) is 2.28. The van der Waals surface area contributed by atoms with Crippen molar-refractivity contribution in [1.29, 1.82) is 0 Å². The number of aromatic nitrogens is 1. The predicted molar refractivity (Wildman–Crippen MR) is 71.5 cm³/mol. The van der Waals surface area contributed by atoms with E-state index in [4.69, 9.17) is 9.63 Å². The molecule has 1 heterocycles. The molecule has 0 saturated heterocycles. The summed E-state index contributed by atoms with van der Waals surface area (Å²) >= 11 is 0. The minimum absolute atomic E-state index is 0.228. The van der Waals surface area contributed by atoms with Gasteiger partial charge in [-0.1, -0.05) is 17.3 Å². The van der Waals surface area contributed by atoms with Crippen molar-refractivity contribution in [1.82, 2.24) is 10.5 Å². The molecule has 6 heteroatoms. The Balaban J connectivity index is 2.10. The fourth-order valence-corrected chi connectivity index (χ4v) is 2.28. The third kappa shape index (κ3) is 3.07. The number of hydrogen-bond donors (Lipinski definition) is 2. The van der Waals surface area contributed by atoms with Crippen LogP contribution in [0.15, 0.2) is 16.7 Å². The summed E-state index contributed by atoms with van der Waals surface area (Å²) in [6, 6.07) is -0.949. The third-order valence-corrected chi connectivity index (χ3v) is 3.38. The highest BCUT2D eigenvalue weighted by Gasteiger charge is 2.27. The Hall–Kier alpha value is -2.11. The highest BCUT2D eigenvalue weighted by Crippen LogP contribution is 2.24. The summed E-state index contributed by atoms with van der Waals surface area (Å²) < 4.78 is 5.16. The number of carbonyl (C=O) groups is 2. The van der Waals surface area contributed by atoms with Gasteiger partial charge in [-0.15, -0.1) is 0 Å². The standard InChI is InChI=1S/C14H18N2O4/c1-2-3-7-10(14(18)19)15-13(17)12-9-6-4-5-8-11(9)20-16-12/h2-3,10H,4-8H2,1H3,(H,15,17)(H,18,19)/b3-2+. The SMILES string of the molecule is C/C=C/CC(NC(=O)c1noc2c1CCCC2)C(=O)O. The number of amides is 1. The Labute approximate surface area is 116 Å². The molecular formula is C14H18N2O4. The molecule has 0 fully saturated rings. The van der Waals surface area contributed by atoms with E-state index >= 15 is 0 Å². The molecule has 1 amide bonds. The molecule has 0 bridgehead atoms. The summed E-state index contributed by atoms with van der Waals surface area (Å²) in [4.78, 5) is 23.2. The van der Waals surface area contributed by atoms with Gasteiger partial charge >= 0.3 is 5.97 Å². The zero-order valence-corrected chi connectivity index (χ0v) is 11.4. The average molecular weight is 278 g/mol. The van der Waals surface area contributed by atoms with Crippen LogP contribution in [0.1, 0.15) is 48.0 Å². The number of carboxylic acids is 1. The first-order valence-electron chi connectivity index (χ1n) is 6.75. The molecule has 6 nitrogen and oxygen atoms in total. The van der Waals surface area contributed by atoms with Gasteiger partial charge in [0.25, 0.3) is 5.91 Å². The van der Waals surface area contributed by atoms with E-state index in [1.54, 1.807) is 19.1 Å². The highest BCUT2D eigenvalue weighted by atomic mass is 16.5. The number of rotatable bonds is 5. The van der Waals surface area contributed by atoms with Gasteiger partial charge in [0.2, 0.25) is 0 Å². The zero-order valence-electron chi connectivity index (χ0n) is 11.4. The Kier molecular flexibility index (Phi) is 4.55. The molecule has 1 aliphatic rings. The quantitative estimate of drug-likeness (QED) is 0.800. The zero-order chi connectivity index (χ0) is 14.5. The lowest BCUT2D eigenvalue weighted by atomic mass is 9.96. The summed E-state index contributed by atoms with van der Waals surface area (Å²) in [6.07, 6.45) is 7.28. The Morgan fingerprint density at radius 1 is 1.45 bits per heavy atom. The van der Waals surface area contributed by atoms with Crippen LogP contribution in [-0.2, 0) is 17.6 Å². The molecule has 2 rings (SSSR count). The second-order valence-corrected chi connectivity index (χ2v) is 4.81. The van der Waals surface area contributed by atoms with E-state index in [0.29, 0.717) is 0 Å². The topological polar surface area (TPSA) is 92.4 Å². The van der Waals surface area contributed by atoms with Crippen molar-refractivity contribution in [3.05, 3.63) is 29.2 Å². The molecule has 0 aromatic carbocycles. The van der Waals surface area contributed by atoms with Crippen LogP contribution in [0, 0.1) is 0 Å². The first-order chi connectivity index (χ1) is 9.63. The Morgan fingerprint density at radius 2 is 2.20 bits per heavy atom. The maximum absolute atomic E-state index is 12.1. The van der Waals surface area contributed by atoms with Gasteiger partial charge in [0.1, 0.15) is 11.8 Å². The third-order valence-electron chi connectivity index (χ3n) is 3.38. The second kappa shape index (κ2) is 6.36. The van der Waals surface area contributed by atoms with Crippen molar-refractivity contribution >= 4 is 11.9 Å². The van der Waals surface area contributed by atoms with Gasteiger partial charge in [-0.2, -0.15) is 0 Å². The smallest absolute Gasteiger partial charge is 0.326 e. The number of fused-ring (bicyclic) bond motifs is 1. The van der Waals surface area contributed by atoms with Crippen molar-refractivity contribution in [3.8, 4) is 0 Å². The van der Waals surface area contributed by atoms with E-state index in [-0.39, 0.29) is 12.1 Å². The molecule has 1 unspecified atom stereocenters. The first-order valence-corrected chi connectivity index (χ1v) is 6.75. The molecule has 0 aliphatic heterocycles. The van der Waals surface area contributed by atoms with E-state index in [0.717, 1.165) is 37.0 Å². The van der Waals surface area contributed by atoms with Gasteiger partial charge in [0.15, 0.2) is 5.69 Å². The first kappa shape index (κ1) is 14.3. The molecule has 108 valence electrons. The summed E-state index contributed by atoms with van der Waals surface area (Å²) in [5.41, 5.74) is 1.05. The van der Waals surface area contributed by atoms with E-state index in [2.05, 4.69) is 10.5 Å². The van der Waals surface area contributed by atoms with Gasteiger partial charge in [-0.3, -0.25) is 4.79 Å². The number of nitrogens with zero attached hydrogens (tertiary/aromatic N) is 1. The normalized spacial score (nSPS) is 15.8. The van der Waals surface area contributed by atoms with Crippen LogP contribution in [0.3, 0.4) is 0 Å². The van der Waals surface area contributed by atoms with Gasteiger partial charge in [0, 0.05) is 12.0 Å². The monoisotopic (exact) mass is 278 g/mol. The number of allylic oxidation sites excluding steroid dienone is 1. The molecule has 0 spiro atoms. The molecule has 1 aromatic rings. The van der Waals surface area contributed by atoms with E-state index in [1.807, 2.05) is 0 Å². The van der Waals surface area contributed by atoms with Crippen molar-refractivity contribution < 1.29 is 19.2 Å². The fraction of sp³-hybridized carbons (Fsp3) is 0.500. The van der Waals surface area contributed by atoms with Gasteiger partial charge < -0.3 is 14.9 Å². The van der Waals surface area contributed by atoms with Crippen LogP contribution < -0.4 is 5.32 Å². The van der Waals surface area contributed by atoms with E-state index in [9.17, 15) is 9.59 Å². The van der Waals surface area contributed by atoms with Crippen LogP contribution in [0.5, 0.6) is 0 Å². The molecule has 1 aliphatic carbocycles. The van der Waals surface area contributed by atoms with Gasteiger partial charge in [-0.25, -0.2) is 4.79 Å². The van der Waals surface area contributed by atoms with Gasteiger partial charge in [-0.05, 0) is 32.6 Å². The van der Waals surface area contributed by atoms with Crippen LogP contribution in [0.25, 0.3) is 0 Å². The minimum Gasteiger partial charge on any atom is -0.480 e. The second-order valence-electron chi connectivity index (χ2n) is 4.81. The number of carboxylic acid groups (broad SMARTS) is 1.